The maximum atomic E-state index is 11.7. The molecule has 0 bridgehead atoms. The van der Waals surface area contributed by atoms with Gasteiger partial charge in [0.1, 0.15) is 5.60 Å². The molecule has 0 saturated heterocycles. The molecule has 5 heteroatoms. The Morgan fingerprint density at radius 1 is 1.22 bits per heavy atom. The van der Waals surface area contributed by atoms with E-state index in [4.69, 9.17) is 9.47 Å². The highest BCUT2D eigenvalue weighted by Crippen LogP contribution is 2.12. The summed E-state index contributed by atoms with van der Waals surface area (Å²) in [7, 11) is 0. The molecule has 0 saturated carbocycles. The summed E-state index contributed by atoms with van der Waals surface area (Å²) in [6.45, 7) is 11.5. The van der Waals surface area contributed by atoms with Crippen LogP contribution >= 0.6 is 0 Å². The molecule has 1 N–H and O–H groups in total. The number of hydrogen-bond acceptors (Lipinski definition) is 4. The number of carbonyl (C=O) groups is 2. The van der Waals surface area contributed by atoms with Gasteiger partial charge in [-0.1, -0.05) is 13.8 Å². The summed E-state index contributed by atoms with van der Waals surface area (Å²) in [4.78, 5) is 23.1. The number of carbonyl (C=O) groups excluding carboxylic acids is 2. The summed E-state index contributed by atoms with van der Waals surface area (Å²) >= 11 is 0. The lowest BCUT2D eigenvalue weighted by Crippen LogP contribution is -2.39. The average Bonchev–Trinajstić information content (AvgIpc) is 2.14. The summed E-state index contributed by atoms with van der Waals surface area (Å²) in [5.41, 5.74) is -0.540. The first kappa shape index (κ1) is 16.7. The summed E-state index contributed by atoms with van der Waals surface area (Å²) in [5, 5.41) is 2.60. The Labute approximate surface area is 109 Å². The zero-order valence-electron chi connectivity index (χ0n) is 12.2. The molecule has 0 aliphatic rings. The van der Waals surface area contributed by atoms with Crippen molar-refractivity contribution in [1.29, 1.82) is 0 Å². The van der Waals surface area contributed by atoms with Crippen molar-refractivity contribution >= 4 is 12.1 Å². The minimum atomic E-state index is -0.540. The normalized spacial score (nSPS) is 13.1. The second kappa shape index (κ2) is 7.24. The van der Waals surface area contributed by atoms with Gasteiger partial charge < -0.3 is 14.8 Å². The van der Waals surface area contributed by atoms with E-state index in [-0.39, 0.29) is 24.3 Å². The van der Waals surface area contributed by atoms with Crippen LogP contribution in [0.2, 0.25) is 0 Å². The van der Waals surface area contributed by atoms with Crippen molar-refractivity contribution in [2.75, 3.05) is 13.2 Å². The number of rotatable bonds is 5. The minimum Gasteiger partial charge on any atom is -0.466 e. The molecule has 0 aromatic heterocycles. The van der Waals surface area contributed by atoms with E-state index in [9.17, 15) is 9.59 Å². The van der Waals surface area contributed by atoms with Crippen LogP contribution in [0.25, 0.3) is 0 Å². The number of esters is 1. The Morgan fingerprint density at radius 2 is 1.78 bits per heavy atom. The Morgan fingerprint density at radius 3 is 2.17 bits per heavy atom. The van der Waals surface area contributed by atoms with Gasteiger partial charge in [-0.15, -0.1) is 0 Å². The highest BCUT2D eigenvalue weighted by atomic mass is 16.6. The maximum Gasteiger partial charge on any atom is 0.407 e. The van der Waals surface area contributed by atoms with Gasteiger partial charge in [0.15, 0.2) is 0 Å². The Kier molecular flexibility index (Phi) is 6.73. The van der Waals surface area contributed by atoms with Gasteiger partial charge in [-0.05, 0) is 33.6 Å². The zero-order valence-corrected chi connectivity index (χ0v) is 12.2. The molecule has 0 heterocycles. The summed E-state index contributed by atoms with van der Waals surface area (Å²) in [6.07, 6.45) is -0.516. The van der Waals surface area contributed by atoms with Gasteiger partial charge in [-0.25, -0.2) is 4.79 Å². The van der Waals surface area contributed by atoms with Crippen LogP contribution in [0.3, 0.4) is 0 Å². The van der Waals surface area contributed by atoms with Gasteiger partial charge in [0.25, 0.3) is 0 Å². The van der Waals surface area contributed by atoms with Crippen molar-refractivity contribution in [3.05, 3.63) is 0 Å². The number of nitrogens with one attached hydrogen (secondary N) is 1. The van der Waals surface area contributed by atoms with Crippen molar-refractivity contribution in [2.24, 2.45) is 11.8 Å². The molecular formula is C13H25NO4. The third kappa shape index (κ3) is 7.14. The van der Waals surface area contributed by atoms with Crippen LogP contribution in [0.15, 0.2) is 0 Å². The number of alkyl carbamates (subject to hydrolysis) is 1. The van der Waals surface area contributed by atoms with Gasteiger partial charge in [0, 0.05) is 6.54 Å². The van der Waals surface area contributed by atoms with E-state index in [0.717, 1.165) is 0 Å². The van der Waals surface area contributed by atoms with E-state index < -0.39 is 11.7 Å². The number of hydrogen-bond donors (Lipinski definition) is 1. The first-order valence-corrected chi connectivity index (χ1v) is 6.30. The predicted molar refractivity (Wildman–Crippen MR) is 69.2 cm³/mol. The second-order valence-corrected chi connectivity index (χ2v) is 5.49. The lowest BCUT2D eigenvalue weighted by atomic mass is 9.96. The summed E-state index contributed by atoms with van der Waals surface area (Å²) in [6, 6.07) is 0. The van der Waals surface area contributed by atoms with E-state index in [1.54, 1.807) is 27.7 Å². The highest BCUT2D eigenvalue weighted by Gasteiger charge is 2.25. The maximum absolute atomic E-state index is 11.7. The van der Waals surface area contributed by atoms with Gasteiger partial charge >= 0.3 is 12.1 Å². The lowest BCUT2D eigenvalue weighted by molar-refractivity contribution is -0.149. The van der Waals surface area contributed by atoms with Crippen molar-refractivity contribution in [3.8, 4) is 0 Å². The van der Waals surface area contributed by atoms with Crippen LogP contribution in [-0.4, -0.2) is 30.8 Å². The molecule has 0 unspecified atom stereocenters. The smallest absolute Gasteiger partial charge is 0.407 e. The number of amides is 1. The van der Waals surface area contributed by atoms with Crippen LogP contribution in [0, 0.1) is 11.8 Å². The van der Waals surface area contributed by atoms with Crippen LogP contribution in [0.1, 0.15) is 41.5 Å². The average molecular weight is 259 g/mol. The third-order valence-electron chi connectivity index (χ3n) is 2.26. The van der Waals surface area contributed by atoms with Crippen LogP contribution in [-0.2, 0) is 14.3 Å². The Bertz CT molecular complexity index is 281. The van der Waals surface area contributed by atoms with Crippen LogP contribution in [0.4, 0.5) is 4.79 Å². The molecule has 0 aliphatic heterocycles. The molecule has 18 heavy (non-hydrogen) atoms. The molecule has 0 aromatic rings. The SMILES string of the molecule is CCOC(=O)[C@@H](CNC(=O)OC(C)(C)C)C(C)C. The van der Waals surface area contributed by atoms with Crippen molar-refractivity contribution in [2.45, 2.75) is 47.1 Å². The quantitative estimate of drug-likeness (QED) is 0.770. The standard InChI is InChI=1S/C13H25NO4/c1-7-17-11(15)10(9(2)3)8-14-12(16)18-13(4,5)6/h9-10H,7-8H2,1-6H3,(H,14,16)/t10-/m0/s1. The Balaban J connectivity index is 4.28. The summed E-state index contributed by atoms with van der Waals surface area (Å²) < 4.78 is 10.1. The van der Waals surface area contributed by atoms with Gasteiger partial charge in [-0.3, -0.25) is 4.79 Å². The zero-order chi connectivity index (χ0) is 14.3. The largest absolute Gasteiger partial charge is 0.466 e. The van der Waals surface area contributed by atoms with E-state index in [2.05, 4.69) is 5.32 Å². The number of ether oxygens (including phenoxy) is 2. The van der Waals surface area contributed by atoms with E-state index in [1.165, 1.54) is 0 Å². The topological polar surface area (TPSA) is 64.6 Å². The summed E-state index contributed by atoms with van der Waals surface area (Å²) in [5.74, 6) is -0.542. The molecule has 0 aliphatic carbocycles. The van der Waals surface area contributed by atoms with Gasteiger partial charge in [0.2, 0.25) is 0 Å². The highest BCUT2D eigenvalue weighted by molar-refractivity contribution is 5.74. The van der Waals surface area contributed by atoms with Crippen LogP contribution in [0.5, 0.6) is 0 Å². The minimum absolute atomic E-state index is 0.0963. The molecule has 0 fully saturated rings. The molecule has 106 valence electrons. The van der Waals surface area contributed by atoms with Crippen molar-refractivity contribution < 1.29 is 19.1 Å². The third-order valence-corrected chi connectivity index (χ3v) is 2.26. The molecule has 1 amide bonds. The van der Waals surface area contributed by atoms with E-state index in [1.807, 2.05) is 13.8 Å². The molecule has 0 rings (SSSR count). The molecular weight excluding hydrogens is 234 g/mol. The van der Waals surface area contributed by atoms with Crippen molar-refractivity contribution in [1.82, 2.24) is 5.32 Å². The molecule has 5 nitrogen and oxygen atoms in total. The molecule has 0 spiro atoms. The van der Waals surface area contributed by atoms with Crippen molar-refractivity contribution in [3.63, 3.8) is 0 Å². The predicted octanol–water partition coefficient (Wildman–Crippen LogP) is 2.35. The Hall–Kier alpha value is -1.26. The fourth-order valence-corrected chi connectivity index (χ4v) is 1.35. The monoisotopic (exact) mass is 259 g/mol. The van der Waals surface area contributed by atoms with E-state index >= 15 is 0 Å². The second-order valence-electron chi connectivity index (χ2n) is 5.49. The molecule has 0 aromatic carbocycles. The van der Waals surface area contributed by atoms with E-state index in [0.29, 0.717) is 6.61 Å². The molecule has 1 atom stereocenters. The fourth-order valence-electron chi connectivity index (χ4n) is 1.35. The molecule has 0 radical (unpaired) electrons. The lowest BCUT2D eigenvalue weighted by Gasteiger charge is -2.22. The first-order valence-electron chi connectivity index (χ1n) is 6.30. The first-order chi connectivity index (χ1) is 8.17. The fraction of sp³-hybridized carbons (Fsp3) is 0.846. The van der Waals surface area contributed by atoms with Gasteiger partial charge in [0.05, 0.1) is 12.5 Å². The van der Waals surface area contributed by atoms with Crippen LogP contribution < -0.4 is 5.32 Å². The van der Waals surface area contributed by atoms with Gasteiger partial charge in [-0.2, -0.15) is 0 Å².